The number of hydrogen-bond acceptors (Lipinski definition) is 3. The maximum atomic E-state index is 4.36. The largest absolute Gasteiger partial charge is 0.316 e. The molecule has 0 aliphatic heterocycles. The Morgan fingerprint density at radius 2 is 2.31 bits per heavy atom. The van der Waals surface area contributed by atoms with Crippen molar-refractivity contribution in [1.29, 1.82) is 0 Å². The van der Waals surface area contributed by atoms with Crippen molar-refractivity contribution in [3.05, 3.63) is 23.9 Å². The predicted octanol–water partition coefficient (Wildman–Crippen LogP) is 2.30. The lowest BCUT2D eigenvalue weighted by atomic mass is 10.3. The Labute approximate surface area is 84.1 Å². The molecule has 1 aromatic heterocycles. The molecule has 0 saturated carbocycles. The third-order valence-corrected chi connectivity index (χ3v) is 2.63. The van der Waals surface area contributed by atoms with Crippen molar-refractivity contribution in [2.24, 2.45) is 0 Å². The summed E-state index contributed by atoms with van der Waals surface area (Å²) in [4.78, 5) is 4.36. The second-order valence-electron chi connectivity index (χ2n) is 3.16. The van der Waals surface area contributed by atoms with E-state index in [0.29, 0.717) is 5.25 Å². The summed E-state index contributed by atoms with van der Waals surface area (Å²) in [5.74, 6) is 0. The minimum atomic E-state index is 0.588. The smallest absolute Gasteiger partial charge is 0.101 e. The topological polar surface area (TPSA) is 24.9 Å². The van der Waals surface area contributed by atoms with Gasteiger partial charge in [-0.2, -0.15) is 0 Å². The maximum Gasteiger partial charge on any atom is 0.101 e. The Morgan fingerprint density at radius 1 is 1.54 bits per heavy atom. The van der Waals surface area contributed by atoms with Crippen LogP contribution in [-0.2, 0) is 6.54 Å². The zero-order valence-electron chi connectivity index (χ0n) is 8.37. The van der Waals surface area contributed by atoms with Gasteiger partial charge in [0.15, 0.2) is 0 Å². The first-order chi connectivity index (χ1) is 6.24. The Balaban J connectivity index is 2.78. The van der Waals surface area contributed by atoms with E-state index in [-0.39, 0.29) is 0 Å². The lowest BCUT2D eigenvalue weighted by Crippen LogP contribution is -2.07. The fourth-order valence-electron chi connectivity index (χ4n) is 1.08. The van der Waals surface area contributed by atoms with Crippen LogP contribution in [0, 0.1) is 0 Å². The molecule has 0 aliphatic rings. The van der Waals surface area contributed by atoms with E-state index in [4.69, 9.17) is 0 Å². The van der Waals surface area contributed by atoms with Crippen LogP contribution in [0.15, 0.2) is 23.4 Å². The number of rotatable bonds is 4. The fourth-order valence-corrected chi connectivity index (χ4v) is 1.94. The lowest BCUT2D eigenvalue weighted by Gasteiger charge is -2.08. The van der Waals surface area contributed by atoms with Crippen molar-refractivity contribution < 1.29 is 0 Å². The third-order valence-electron chi connectivity index (χ3n) is 1.56. The van der Waals surface area contributed by atoms with Crippen LogP contribution >= 0.6 is 11.8 Å². The molecule has 1 heterocycles. The lowest BCUT2D eigenvalue weighted by molar-refractivity contribution is 0.789. The van der Waals surface area contributed by atoms with Crippen LogP contribution in [-0.4, -0.2) is 17.3 Å². The molecule has 1 N–H and O–H groups in total. The van der Waals surface area contributed by atoms with E-state index in [1.54, 1.807) is 0 Å². The van der Waals surface area contributed by atoms with E-state index in [9.17, 15) is 0 Å². The SMILES string of the molecule is CNCc1cccnc1SC(C)C. The molecule has 0 spiro atoms. The molecule has 72 valence electrons. The Morgan fingerprint density at radius 3 is 2.92 bits per heavy atom. The van der Waals surface area contributed by atoms with Crippen LogP contribution in [0.3, 0.4) is 0 Å². The van der Waals surface area contributed by atoms with E-state index in [0.717, 1.165) is 11.6 Å². The summed E-state index contributed by atoms with van der Waals surface area (Å²) in [7, 11) is 1.96. The first-order valence-corrected chi connectivity index (χ1v) is 5.37. The molecule has 2 nitrogen and oxygen atoms in total. The standard InChI is InChI=1S/C10H16N2S/c1-8(2)13-10-9(7-11-3)5-4-6-12-10/h4-6,8,11H,7H2,1-3H3. The van der Waals surface area contributed by atoms with E-state index < -0.39 is 0 Å². The Hall–Kier alpha value is -0.540. The van der Waals surface area contributed by atoms with Crippen LogP contribution in [0.25, 0.3) is 0 Å². The summed E-state index contributed by atoms with van der Waals surface area (Å²) in [5.41, 5.74) is 1.28. The molecule has 1 aromatic rings. The number of aromatic nitrogens is 1. The molecular weight excluding hydrogens is 180 g/mol. The van der Waals surface area contributed by atoms with Crippen LogP contribution in [0.2, 0.25) is 0 Å². The van der Waals surface area contributed by atoms with E-state index in [1.165, 1.54) is 5.56 Å². The molecule has 0 amide bonds. The highest BCUT2D eigenvalue weighted by Crippen LogP contribution is 2.23. The minimum Gasteiger partial charge on any atom is -0.316 e. The monoisotopic (exact) mass is 196 g/mol. The van der Waals surface area contributed by atoms with Crippen molar-refractivity contribution in [3.8, 4) is 0 Å². The van der Waals surface area contributed by atoms with Gasteiger partial charge in [0.2, 0.25) is 0 Å². The first-order valence-electron chi connectivity index (χ1n) is 4.49. The molecule has 0 radical (unpaired) electrons. The Kier molecular flexibility index (Phi) is 4.25. The van der Waals surface area contributed by atoms with E-state index in [2.05, 4.69) is 30.2 Å². The first kappa shape index (κ1) is 10.5. The molecule has 1 rings (SSSR count). The summed E-state index contributed by atoms with van der Waals surface area (Å²) in [6, 6.07) is 4.10. The van der Waals surface area contributed by atoms with Gasteiger partial charge in [0.05, 0.1) is 0 Å². The second kappa shape index (κ2) is 5.25. The number of pyridine rings is 1. The Bertz CT molecular complexity index is 261. The van der Waals surface area contributed by atoms with Crippen molar-refractivity contribution in [2.75, 3.05) is 7.05 Å². The number of hydrogen-bond donors (Lipinski definition) is 1. The van der Waals surface area contributed by atoms with Gasteiger partial charge in [-0.05, 0) is 18.7 Å². The van der Waals surface area contributed by atoms with Crippen LogP contribution in [0.5, 0.6) is 0 Å². The van der Waals surface area contributed by atoms with Crippen molar-refractivity contribution in [3.63, 3.8) is 0 Å². The highest BCUT2D eigenvalue weighted by Gasteiger charge is 2.04. The van der Waals surface area contributed by atoms with Gasteiger partial charge >= 0.3 is 0 Å². The summed E-state index contributed by atoms with van der Waals surface area (Å²) in [6.45, 7) is 5.26. The minimum absolute atomic E-state index is 0.588. The maximum absolute atomic E-state index is 4.36. The number of thioether (sulfide) groups is 1. The molecule has 0 fully saturated rings. The van der Waals surface area contributed by atoms with Gasteiger partial charge in [-0.1, -0.05) is 19.9 Å². The van der Waals surface area contributed by atoms with Crippen molar-refractivity contribution >= 4 is 11.8 Å². The number of nitrogens with zero attached hydrogens (tertiary/aromatic N) is 1. The van der Waals surface area contributed by atoms with Crippen molar-refractivity contribution in [2.45, 2.75) is 30.7 Å². The van der Waals surface area contributed by atoms with Gasteiger partial charge < -0.3 is 5.32 Å². The highest BCUT2D eigenvalue weighted by atomic mass is 32.2. The fraction of sp³-hybridized carbons (Fsp3) is 0.500. The van der Waals surface area contributed by atoms with E-state index in [1.807, 2.05) is 31.1 Å². The molecular formula is C10H16N2S. The molecule has 0 atom stereocenters. The van der Waals surface area contributed by atoms with E-state index >= 15 is 0 Å². The molecule has 3 heteroatoms. The molecule has 13 heavy (non-hydrogen) atoms. The zero-order chi connectivity index (χ0) is 9.68. The predicted molar refractivity (Wildman–Crippen MR) is 58.0 cm³/mol. The van der Waals surface area contributed by atoms with Gasteiger partial charge in [0.25, 0.3) is 0 Å². The normalized spacial score (nSPS) is 10.8. The number of nitrogens with one attached hydrogen (secondary N) is 1. The summed E-state index contributed by atoms with van der Waals surface area (Å²) < 4.78 is 0. The molecule has 0 unspecified atom stereocenters. The molecule has 0 bridgehead atoms. The quantitative estimate of drug-likeness (QED) is 0.748. The zero-order valence-corrected chi connectivity index (χ0v) is 9.19. The van der Waals surface area contributed by atoms with Gasteiger partial charge in [0.1, 0.15) is 5.03 Å². The van der Waals surface area contributed by atoms with Gasteiger partial charge in [-0.15, -0.1) is 11.8 Å². The van der Waals surface area contributed by atoms with Crippen molar-refractivity contribution in [1.82, 2.24) is 10.3 Å². The summed E-state index contributed by atoms with van der Waals surface area (Å²) >= 11 is 1.81. The van der Waals surface area contributed by atoms with Crippen LogP contribution < -0.4 is 5.32 Å². The summed E-state index contributed by atoms with van der Waals surface area (Å²) in [5, 5.41) is 4.88. The highest BCUT2D eigenvalue weighted by molar-refractivity contribution is 7.99. The molecule has 0 aliphatic carbocycles. The van der Waals surface area contributed by atoms with Gasteiger partial charge in [-0.25, -0.2) is 4.98 Å². The molecule has 0 saturated heterocycles. The van der Waals surface area contributed by atoms with Crippen LogP contribution in [0.1, 0.15) is 19.4 Å². The van der Waals surface area contributed by atoms with Gasteiger partial charge in [0, 0.05) is 18.0 Å². The average molecular weight is 196 g/mol. The van der Waals surface area contributed by atoms with Gasteiger partial charge in [-0.3, -0.25) is 0 Å². The summed E-state index contributed by atoms with van der Waals surface area (Å²) in [6.07, 6.45) is 1.85. The van der Waals surface area contributed by atoms with Crippen LogP contribution in [0.4, 0.5) is 0 Å². The second-order valence-corrected chi connectivity index (χ2v) is 4.73. The third kappa shape index (κ3) is 3.36. The average Bonchev–Trinajstić information content (AvgIpc) is 2.08. The molecule has 0 aromatic carbocycles.